The normalized spacial score (nSPS) is 10.8. The highest BCUT2D eigenvalue weighted by molar-refractivity contribution is 5.71. The van der Waals surface area contributed by atoms with Crippen LogP contribution < -0.4 is 21.9 Å². The van der Waals surface area contributed by atoms with Crippen molar-refractivity contribution >= 4 is 11.4 Å². The van der Waals surface area contributed by atoms with Crippen LogP contribution in [0, 0.1) is 0 Å². The van der Waals surface area contributed by atoms with Gasteiger partial charge in [-0.25, -0.2) is 0 Å². The van der Waals surface area contributed by atoms with Crippen molar-refractivity contribution in [1.29, 1.82) is 0 Å². The molecule has 3 N–H and O–H groups in total. The summed E-state index contributed by atoms with van der Waals surface area (Å²) in [5.41, 5.74) is 7.87. The Labute approximate surface area is 154 Å². The molecule has 0 bridgehead atoms. The summed E-state index contributed by atoms with van der Waals surface area (Å²) in [6.07, 6.45) is 4.78. The molecule has 0 heterocycles. The molecule has 1 aromatic rings. The predicted octanol–water partition coefficient (Wildman–Crippen LogP) is 5.21. The van der Waals surface area contributed by atoms with E-state index < -0.39 is 10.9 Å². The van der Waals surface area contributed by atoms with Gasteiger partial charge >= 0.3 is 0 Å². The van der Waals surface area contributed by atoms with E-state index >= 15 is 0 Å². The first-order chi connectivity index (χ1) is 11.9. The van der Waals surface area contributed by atoms with E-state index in [-0.39, 0.29) is 11.4 Å². The molecule has 0 unspecified atom stereocenters. The molecule has 25 heavy (non-hydrogen) atoms. The molecule has 0 aromatic heterocycles. The molecule has 0 radical (unpaired) electrons. The zero-order valence-corrected chi connectivity index (χ0v) is 17.7. The lowest BCUT2D eigenvalue weighted by atomic mass is 10.0. The van der Waals surface area contributed by atoms with Crippen LogP contribution in [0.2, 0.25) is 0 Å². The van der Waals surface area contributed by atoms with E-state index in [1.807, 2.05) is 55.4 Å². The maximum atomic E-state index is 11.3. The van der Waals surface area contributed by atoms with Gasteiger partial charge in [-0.15, -0.1) is 0 Å². The molecular weight excluding hydrogens is 312 g/mol. The van der Waals surface area contributed by atoms with Crippen molar-refractivity contribution < 1.29 is 0 Å². The minimum absolute atomic E-state index is 0.0248. The van der Waals surface area contributed by atoms with E-state index in [0.29, 0.717) is 6.54 Å². The standard InChI is InChI=1S/C15H20N2O2.3C2H6/c1-5-9(3)7-11(10(4)6-2)8-17-13-12(16)14(18)15(13)19;3*1-2/h6-7,17H,2,5,8,16H2,1,3-4H3;3*1-2H3/b9-7+,11-10+;;;. The summed E-state index contributed by atoms with van der Waals surface area (Å²) in [6.45, 7) is 22.3. The van der Waals surface area contributed by atoms with E-state index in [9.17, 15) is 9.59 Å². The van der Waals surface area contributed by atoms with Gasteiger partial charge in [0, 0.05) is 6.54 Å². The number of nitrogen functional groups attached to an aromatic ring is 1. The van der Waals surface area contributed by atoms with E-state index in [2.05, 4.69) is 24.9 Å². The van der Waals surface area contributed by atoms with Gasteiger partial charge in [-0.3, -0.25) is 9.59 Å². The lowest BCUT2D eigenvalue weighted by molar-refractivity contribution is 1.08. The molecule has 0 fully saturated rings. The second-order valence-corrected chi connectivity index (χ2v) is 4.56. The second-order valence-electron chi connectivity index (χ2n) is 4.56. The van der Waals surface area contributed by atoms with E-state index in [4.69, 9.17) is 5.73 Å². The van der Waals surface area contributed by atoms with Gasteiger partial charge in [0.25, 0.3) is 10.9 Å². The van der Waals surface area contributed by atoms with Crippen LogP contribution >= 0.6 is 0 Å². The molecule has 144 valence electrons. The first-order valence-corrected chi connectivity index (χ1v) is 9.24. The third-order valence-corrected chi connectivity index (χ3v) is 3.19. The minimum atomic E-state index is -0.603. The Morgan fingerprint density at radius 3 is 1.88 bits per heavy atom. The molecular formula is C21H38N2O2. The van der Waals surface area contributed by atoms with Crippen molar-refractivity contribution in [1.82, 2.24) is 0 Å². The van der Waals surface area contributed by atoms with Crippen molar-refractivity contribution in [2.45, 2.75) is 68.7 Å². The highest BCUT2D eigenvalue weighted by Crippen LogP contribution is 2.15. The molecule has 0 aliphatic heterocycles. The summed E-state index contributed by atoms with van der Waals surface area (Å²) in [6, 6.07) is 0. The Hall–Kier alpha value is -2.10. The molecule has 0 spiro atoms. The van der Waals surface area contributed by atoms with Crippen LogP contribution in [0.3, 0.4) is 0 Å². The van der Waals surface area contributed by atoms with Gasteiger partial charge in [0.15, 0.2) is 0 Å². The lowest BCUT2D eigenvalue weighted by Crippen LogP contribution is -2.37. The largest absolute Gasteiger partial charge is 0.394 e. The molecule has 0 atom stereocenters. The number of allylic oxidation sites excluding steroid dienone is 3. The van der Waals surface area contributed by atoms with Crippen LogP contribution in [0.25, 0.3) is 0 Å². The number of hydrogen-bond acceptors (Lipinski definition) is 4. The van der Waals surface area contributed by atoms with E-state index in [1.54, 1.807) is 6.08 Å². The van der Waals surface area contributed by atoms with Crippen LogP contribution in [0.15, 0.2) is 45.0 Å². The van der Waals surface area contributed by atoms with Gasteiger partial charge < -0.3 is 11.1 Å². The number of rotatable bonds is 6. The van der Waals surface area contributed by atoms with Gasteiger partial charge in [0.05, 0.1) is 0 Å². The molecule has 0 saturated carbocycles. The zero-order valence-electron chi connectivity index (χ0n) is 17.7. The summed E-state index contributed by atoms with van der Waals surface area (Å²) in [7, 11) is 0. The summed E-state index contributed by atoms with van der Waals surface area (Å²) >= 11 is 0. The highest BCUT2D eigenvalue weighted by Gasteiger charge is 2.17. The summed E-state index contributed by atoms with van der Waals surface area (Å²) in [5, 5.41) is 2.93. The smallest absolute Gasteiger partial charge is 0.253 e. The monoisotopic (exact) mass is 350 g/mol. The van der Waals surface area contributed by atoms with Crippen LogP contribution in [-0.4, -0.2) is 6.54 Å². The molecule has 0 aliphatic carbocycles. The average molecular weight is 351 g/mol. The van der Waals surface area contributed by atoms with Crippen molar-refractivity contribution in [2.75, 3.05) is 17.6 Å². The molecule has 4 nitrogen and oxygen atoms in total. The van der Waals surface area contributed by atoms with Gasteiger partial charge in [-0.2, -0.15) is 0 Å². The van der Waals surface area contributed by atoms with Crippen molar-refractivity contribution in [3.8, 4) is 0 Å². The molecule has 4 heteroatoms. The maximum absolute atomic E-state index is 11.3. The number of nitrogens with two attached hydrogens (primary N) is 1. The van der Waals surface area contributed by atoms with Crippen molar-refractivity contribution in [3.05, 3.63) is 55.9 Å². The fraction of sp³-hybridized carbons (Fsp3) is 0.524. The van der Waals surface area contributed by atoms with Crippen LogP contribution in [0.1, 0.15) is 68.7 Å². The lowest BCUT2D eigenvalue weighted by Gasteiger charge is -2.12. The van der Waals surface area contributed by atoms with Gasteiger partial charge in [0.2, 0.25) is 0 Å². The summed E-state index contributed by atoms with van der Waals surface area (Å²) < 4.78 is 0. The van der Waals surface area contributed by atoms with Crippen LogP contribution in [0.4, 0.5) is 11.4 Å². The van der Waals surface area contributed by atoms with Crippen LogP contribution in [-0.2, 0) is 0 Å². The Bertz CT molecular complexity index is 616. The topological polar surface area (TPSA) is 72.2 Å². The number of anilines is 2. The molecule has 0 saturated heterocycles. The Balaban J connectivity index is -0.000000725. The summed E-state index contributed by atoms with van der Waals surface area (Å²) in [5.74, 6) is 0. The Morgan fingerprint density at radius 2 is 1.52 bits per heavy atom. The van der Waals surface area contributed by atoms with Crippen molar-refractivity contribution in [2.24, 2.45) is 0 Å². The number of hydrogen-bond donors (Lipinski definition) is 2. The molecule has 0 aliphatic rings. The van der Waals surface area contributed by atoms with Crippen molar-refractivity contribution in [3.63, 3.8) is 0 Å². The SMILES string of the molecule is C=C/C(C)=C(\C=C(/C)CC)CNc1c(N)c(=O)c1=O.CC.CC.CC. The second kappa shape index (κ2) is 16.7. The maximum Gasteiger partial charge on any atom is 0.253 e. The Morgan fingerprint density at radius 1 is 1.04 bits per heavy atom. The zero-order chi connectivity index (χ0) is 20.6. The van der Waals surface area contributed by atoms with Gasteiger partial charge in [-0.05, 0) is 31.4 Å². The van der Waals surface area contributed by atoms with Crippen LogP contribution in [0.5, 0.6) is 0 Å². The summed E-state index contributed by atoms with van der Waals surface area (Å²) in [4.78, 5) is 22.3. The fourth-order valence-corrected chi connectivity index (χ4v) is 1.60. The molecule has 1 rings (SSSR count). The average Bonchev–Trinajstić information content (AvgIpc) is 2.70. The van der Waals surface area contributed by atoms with Gasteiger partial charge in [-0.1, -0.05) is 72.8 Å². The first-order valence-electron chi connectivity index (χ1n) is 9.24. The number of nitrogens with one attached hydrogen (secondary N) is 1. The van der Waals surface area contributed by atoms with Gasteiger partial charge in [0.1, 0.15) is 11.4 Å². The molecule has 0 amide bonds. The predicted molar refractivity (Wildman–Crippen MR) is 115 cm³/mol. The quantitative estimate of drug-likeness (QED) is 0.545. The third-order valence-electron chi connectivity index (χ3n) is 3.19. The first kappa shape index (κ1) is 27.7. The Kier molecular flexibility index (Phi) is 18.6. The minimum Gasteiger partial charge on any atom is -0.394 e. The molecule has 1 aromatic carbocycles. The highest BCUT2D eigenvalue weighted by atomic mass is 16.2. The fourth-order valence-electron chi connectivity index (χ4n) is 1.60. The third kappa shape index (κ3) is 9.08. The van der Waals surface area contributed by atoms with E-state index in [1.165, 1.54) is 5.57 Å². The van der Waals surface area contributed by atoms with E-state index in [0.717, 1.165) is 17.6 Å².